The van der Waals surface area contributed by atoms with Crippen molar-refractivity contribution in [2.45, 2.75) is 18.8 Å². The molecule has 2 aromatic carbocycles. The highest BCUT2D eigenvalue weighted by Crippen LogP contribution is 2.30. The second-order valence-electron chi connectivity index (χ2n) is 5.42. The van der Waals surface area contributed by atoms with Crippen LogP contribution in [-0.4, -0.2) is 9.98 Å². The summed E-state index contributed by atoms with van der Waals surface area (Å²) in [6, 6.07) is 8.63. The Morgan fingerprint density at radius 3 is 1.19 bits per heavy atom. The number of nitrogens with one attached hydrogen (secondary N) is 2. The zero-order chi connectivity index (χ0) is 20.2. The molecular formula is C17H12F6N2S2. The van der Waals surface area contributed by atoms with Crippen LogP contribution in [-0.2, 0) is 12.4 Å². The average molecular weight is 422 g/mol. The van der Waals surface area contributed by atoms with E-state index in [4.69, 9.17) is 24.4 Å². The number of halogens is 6. The molecule has 0 saturated heterocycles. The second kappa shape index (κ2) is 8.22. The van der Waals surface area contributed by atoms with Crippen molar-refractivity contribution in [1.82, 2.24) is 0 Å². The third kappa shape index (κ3) is 6.47. The standard InChI is InChI=1S/C17H12F6N2S2/c18-16(19,20)10-1-5-12(6-2-10)24-14(26)9-15(27)25-13-7-3-11(4-8-13)17(21,22)23/h1-8H,9H2,(H,24,26)(H,25,27). The Morgan fingerprint density at radius 1 is 0.630 bits per heavy atom. The maximum absolute atomic E-state index is 12.5. The normalized spacial score (nSPS) is 11.8. The van der Waals surface area contributed by atoms with Crippen LogP contribution in [0.25, 0.3) is 0 Å². The molecule has 0 aliphatic rings. The molecule has 0 heterocycles. The molecule has 0 fully saturated rings. The van der Waals surface area contributed by atoms with Crippen LogP contribution in [0.3, 0.4) is 0 Å². The van der Waals surface area contributed by atoms with Crippen molar-refractivity contribution in [3.05, 3.63) is 59.7 Å². The molecule has 0 amide bonds. The van der Waals surface area contributed by atoms with Crippen LogP contribution in [0.5, 0.6) is 0 Å². The summed E-state index contributed by atoms with van der Waals surface area (Å²) in [6.07, 6.45) is -8.77. The van der Waals surface area contributed by atoms with E-state index in [0.717, 1.165) is 24.3 Å². The van der Waals surface area contributed by atoms with Crippen molar-refractivity contribution in [2.75, 3.05) is 10.6 Å². The molecule has 0 spiro atoms. The predicted octanol–water partition coefficient (Wildman–Crippen LogP) is 6.29. The maximum atomic E-state index is 12.5. The summed E-state index contributed by atoms with van der Waals surface area (Å²) in [6.45, 7) is 0. The van der Waals surface area contributed by atoms with Gasteiger partial charge in [0.1, 0.15) is 0 Å². The fourth-order valence-electron chi connectivity index (χ4n) is 2.04. The SMILES string of the molecule is FC(F)(F)c1ccc(NC(=S)CC(=S)Nc2ccc(C(F)(F)F)cc2)cc1. The number of hydrogen-bond acceptors (Lipinski definition) is 2. The molecule has 10 heteroatoms. The number of thiocarbonyl (C=S) groups is 2. The molecule has 27 heavy (non-hydrogen) atoms. The Bertz CT molecular complexity index is 742. The van der Waals surface area contributed by atoms with Crippen LogP contribution in [0, 0.1) is 0 Å². The van der Waals surface area contributed by atoms with Crippen LogP contribution in [0.4, 0.5) is 37.7 Å². The number of benzene rings is 2. The first-order valence-electron chi connectivity index (χ1n) is 7.39. The molecule has 2 aromatic rings. The molecule has 144 valence electrons. The van der Waals surface area contributed by atoms with E-state index in [9.17, 15) is 26.3 Å². The quantitative estimate of drug-likeness (QED) is 0.447. The minimum absolute atomic E-state index is 0.0761. The summed E-state index contributed by atoms with van der Waals surface area (Å²) in [5, 5.41) is 5.51. The highest BCUT2D eigenvalue weighted by molar-refractivity contribution is 7.82. The van der Waals surface area contributed by atoms with Crippen LogP contribution >= 0.6 is 24.4 Å². The van der Waals surface area contributed by atoms with E-state index in [1.54, 1.807) is 0 Å². The van der Waals surface area contributed by atoms with E-state index >= 15 is 0 Å². The third-order valence-corrected chi connectivity index (χ3v) is 3.81. The van der Waals surface area contributed by atoms with Crippen molar-refractivity contribution in [3.63, 3.8) is 0 Å². The summed E-state index contributed by atoms with van der Waals surface area (Å²) >= 11 is 10.2. The van der Waals surface area contributed by atoms with Gasteiger partial charge in [0.2, 0.25) is 0 Å². The number of alkyl halides is 6. The lowest BCUT2D eigenvalue weighted by Crippen LogP contribution is -2.18. The molecule has 0 bridgehead atoms. The van der Waals surface area contributed by atoms with Gasteiger partial charge in [-0.2, -0.15) is 26.3 Å². The van der Waals surface area contributed by atoms with E-state index < -0.39 is 23.5 Å². The van der Waals surface area contributed by atoms with Gasteiger partial charge >= 0.3 is 12.4 Å². The largest absolute Gasteiger partial charge is 0.416 e. The van der Waals surface area contributed by atoms with Crippen molar-refractivity contribution in [3.8, 4) is 0 Å². The van der Waals surface area contributed by atoms with Gasteiger partial charge in [-0.05, 0) is 48.5 Å². The van der Waals surface area contributed by atoms with E-state index in [0.29, 0.717) is 11.4 Å². The van der Waals surface area contributed by atoms with Crippen molar-refractivity contribution in [2.24, 2.45) is 0 Å². The van der Waals surface area contributed by atoms with E-state index in [1.807, 2.05) is 0 Å². The fraction of sp³-hybridized carbons (Fsp3) is 0.176. The summed E-state index contributed by atoms with van der Waals surface area (Å²) < 4.78 is 75.1. The minimum atomic E-state index is -4.42. The smallest absolute Gasteiger partial charge is 0.350 e. The molecule has 0 saturated carbocycles. The van der Waals surface area contributed by atoms with Gasteiger partial charge in [0.25, 0.3) is 0 Å². The second-order valence-corrected chi connectivity index (χ2v) is 6.41. The van der Waals surface area contributed by atoms with E-state index in [2.05, 4.69) is 10.6 Å². The Balaban J connectivity index is 1.89. The molecule has 2 nitrogen and oxygen atoms in total. The van der Waals surface area contributed by atoms with E-state index in [1.165, 1.54) is 24.3 Å². The van der Waals surface area contributed by atoms with Crippen LogP contribution in [0.2, 0.25) is 0 Å². The van der Waals surface area contributed by atoms with Gasteiger partial charge in [-0.3, -0.25) is 0 Å². The van der Waals surface area contributed by atoms with Crippen molar-refractivity contribution in [1.29, 1.82) is 0 Å². The Hall–Kier alpha value is -2.20. The molecule has 0 aliphatic carbocycles. The highest BCUT2D eigenvalue weighted by atomic mass is 32.1. The van der Waals surface area contributed by atoms with Crippen molar-refractivity contribution >= 4 is 45.8 Å². The molecular weight excluding hydrogens is 410 g/mol. The molecule has 2 N–H and O–H groups in total. The van der Waals surface area contributed by atoms with Gasteiger partial charge in [0.15, 0.2) is 0 Å². The topological polar surface area (TPSA) is 24.1 Å². The summed E-state index contributed by atoms with van der Waals surface area (Å²) in [5.74, 6) is 0. The zero-order valence-corrected chi connectivity index (χ0v) is 15.0. The number of anilines is 2. The van der Waals surface area contributed by atoms with Gasteiger partial charge < -0.3 is 10.6 Å². The van der Waals surface area contributed by atoms with Crippen LogP contribution in [0.15, 0.2) is 48.5 Å². The maximum Gasteiger partial charge on any atom is 0.416 e. The average Bonchev–Trinajstić information content (AvgIpc) is 2.53. The van der Waals surface area contributed by atoms with Gasteiger partial charge in [-0.15, -0.1) is 0 Å². The van der Waals surface area contributed by atoms with E-state index in [-0.39, 0.29) is 16.4 Å². The fourth-order valence-corrected chi connectivity index (χ4v) is 2.66. The van der Waals surface area contributed by atoms with Crippen LogP contribution < -0.4 is 10.6 Å². The first kappa shape index (κ1) is 21.1. The van der Waals surface area contributed by atoms with Gasteiger partial charge in [-0.1, -0.05) is 24.4 Å². The number of rotatable bonds is 4. The third-order valence-electron chi connectivity index (χ3n) is 3.31. The lowest BCUT2D eigenvalue weighted by molar-refractivity contribution is -0.138. The Morgan fingerprint density at radius 2 is 0.926 bits per heavy atom. The van der Waals surface area contributed by atoms with Gasteiger partial charge in [0.05, 0.1) is 21.1 Å². The summed E-state index contributed by atoms with van der Waals surface area (Å²) in [7, 11) is 0. The zero-order valence-electron chi connectivity index (χ0n) is 13.4. The van der Waals surface area contributed by atoms with Gasteiger partial charge in [0, 0.05) is 17.8 Å². The van der Waals surface area contributed by atoms with Crippen molar-refractivity contribution < 1.29 is 26.3 Å². The molecule has 0 atom stereocenters. The molecule has 0 radical (unpaired) electrons. The van der Waals surface area contributed by atoms with Crippen LogP contribution in [0.1, 0.15) is 17.5 Å². The summed E-state index contributed by atoms with van der Waals surface area (Å²) in [4.78, 5) is 0.498. The van der Waals surface area contributed by atoms with Gasteiger partial charge in [-0.25, -0.2) is 0 Å². The lowest BCUT2D eigenvalue weighted by atomic mass is 10.2. The monoisotopic (exact) mass is 422 g/mol. The molecule has 0 aromatic heterocycles. The summed E-state index contributed by atoms with van der Waals surface area (Å²) in [5.41, 5.74) is -0.826. The molecule has 2 rings (SSSR count). The highest BCUT2D eigenvalue weighted by Gasteiger charge is 2.30. The molecule has 0 unspecified atom stereocenters. The lowest BCUT2D eigenvalue weighted by Gasteiger charge is -2.13. The Kier molecular flexibility index (Phi) is 6.42. The minimum Gasteiger partial charge on any atom is -0.350 e. The predicted molar refractivity (Wildman–Crippen MR) is 99.9 cm³/mol. The molecule has 0 aliphatic heterocycles. The number of hydrogen-bond donors (Lipinski definition) is 2. The first-order valence-corrected chi connectivity index (χ1v) is 8.21. The Labute approximate surface area is 161 Å². The first-order chi connectivity index (χ1) is 12.4.